The maximum absolute atomic E-state index is 5.15. The summed E-state index contributed by atoms with van der Waals surface area (Å²) in [5.74, 6) is 0.923. The number of aromatic nitrogens is 3. The zero-order chi connectivity index (χ0) is 26.2. The number of para-hydroxylation sites is 2. The second-order valence-electron chi connectivity index (χ2n) is 10.5. The summed E-state index contributed by atoms with van der Waals surface area (Å²) in [5, 5.41) is 7.50. The fourth-order valence-electron chi connectivity index (χ4n) is 6.53. The number of rotatable bonds is 2. The van der Waals surface area contributed by atoms with Crippen LogP contribution in [0.15, 0.2) is 140 Å². The van der Waals surface area contributed by atoms with Gasteiger partial charge < -0.3 is 4.40 Å². The maximum Gasteiger partial charge on any atom is 0.138 e. The largest absolute Gasteiger partial charge is 0.309 e. The van der Waals surface area contributed by atoms with Crippen LogP contribution in [-0.4, -0.2) is 14.0 Å². The van der Waals surface area contributed by atoms with Gasteiger partial charge >= 0.3 is 0 Å². The van der Waals surface area contributed by atoms with Crippen LogP contribution in [0.25, 0.3) is 77.0 Å². The topological polar surface area (TPSA) is 22.2 Å². The minimum absolute atomic E-state index is 0.923. The third-order valence-electron chi connectivity index (χ3n) is 8.27. The van der Waals surface area contributed by atoms with E-state index < -0.39 is 0 Å². The summed E-state index contributed by atoms with van der Waals surface area (Å²) in [6.45, 7) is 0. The lowest BCUT2D eigenvalue weighted by molar-refractivity contribution is 1.08. The SMILES string of the molecule is c1ccc(-c2cccc(-n3c4ccccc4c4cc5c(cc43)cc3c4ccccc4c4ccccc4n53)n2)cc1. The molecule has 0 amide bonds. The Hall–Kier alpha value is -5.41. The molecular formula is C37H23N3. The van der Waals surface area contributed by atoms with Crippen LogP contribution in [0.4, 0.5) is 0 Å². The molecule has 0 unspecified atom stereocenters. The second-order valence-corrected chi connectivity index (χ2v) is 10.5. The monoisotopic (exact) mass is 509 g/mol. The molecule has 40 heavy (non-hydrogen) atoms. The molecule has 0 spiro atoms. The van der Waals surface area contributed by atoms with Gasteiger partial charge in [-0.2, -0.15) is 0 Å². The molecule has 0 atom stereocenters. The number of nitrogens with zero attached hydrogens (tertiary/aromatic N) is 3. The quantitative estimate of drug-likeness (QED) is 0.213. The molecule has 0 aliphatic carbocycles. The van der Waals surface area contributed by atoms with Gasteiger partial charge in [0.05, 0.1) is 33.3 Å². The highest BCUT2D eigenvalue weighted by atomic mass is 15.1. The van der Waals surface area contributed by atoms with Crippen molar-refractivity contribution in [3.8, 4) is 17.1 Å². The van der Waals surface area contributed by atoms with Crippen molar-refractivity contribution in [1.82, 2.24) is 14.0 Å². The molecule has 0 bridgehead atoms. The van der Waals surface area contributed by atoms with E-state index in [1.807, 2.05) is 6.07 Å². The number of pyridine rings is 2. The van der Waals surface area contributed by atoms with Gasteiger partial charge in [0.1, 0.15) is 5.82 Å². The van der Waals surface area contributed by atoms with Crippen molar-refractivity contribution in [3.05, 3.63) is 140 Å². The van der Waals surface area contributed by atoms with Crippen LogP contribution < -0.4 is 0 Å². The van der Waals surface area contributed by atoms with Crippen LogP contribution in [0.3, 0.4) is 0 Å². The minimum atomic E-state index is 0.923. The first-order chi connectivity index (χ1) is 19.8. The molecule has 5 aromatic carbocycles. The average Bonchev–Trinajstić information content (AvgIpc) is 3.56. The van der Waals surface area contributed by atoms with Crippen LogP contribution in [0, 0.1) is 0 Å². The fourth-order valence-corrected chi connectivity index (χ4v) is 6.53. The van der Waals surface area contributed by atoms with Crippen LogP contribution in [0.1, 0.15) is 0 Å². The van der Waals surface area contributed by atoms with Gasteiger partial charge in [0.15, 0.2) is 0 Å². The Balaban J connectivity index is 1.42. The van der Waals surface area contributed by atoms with Crippen LogP contribution in [-0.2, 0) is 0 Å². The lowest BCUT2D eigenvalue weighted by Gasteiger charge is -2.10. The molecule has 0 saturated carbocycles. The zero-order valence-corrected chi connectivity index (χ0v) is 21.6. The Bertz CT molecular complexity index is 2430. The molecule has 4 heterocycles. The molecule has 3 heteroatoms. The number of benzene rings is 5. The van der Waals surface area contributed by atoms with E-state index in [9.17, 15) is 0 Å². The van der Waals surface area contributed by atoms with Crippen molar-refractivity contribution in [2.45, 2.75) is 0 Å². The molecule has 186 valence electrons. The maximum atomic E-state index is 5.15. The molecule has 0 aliphatic heterocycles. The first kappa shape index (κ1) is 21.5. The molecule has 4 aromatic heterocycles. The molecule has 0 saturated heterocycles. The van der Waals surface area contributed by atoms with Crippen molar-refractivity contribution in [3.63, 3.8) is 0 Å². The smallest absolute Gasteiger partial charge is 0.138 e. The number of hydrogen-bond donors (Lipinski definition) is 0. The minimum Gasteiger partial charge on any atom is -0.309 e. The average molecular weight is 510 g/mol. The third-order valence-corrected chi connectivity index (χ3v) is 8.27. The van der Waals surface area contributed by atoms with Gasteiger partial charge in [-0.25, -0.2) is 4.98 Å². The lowest BCUT2D eigenvalue weighted by atomic mass is 10.1. The van der Waals surface area contributed by atoms with Gasteiger partial charge in [0.2, 0.25) is 0 Å². The summed E-state index contributed by atoms with van der Waals surface area (Å²) in [6.07, 6.45) is 0. The number of hydrogen-bond acceptors (Lipinski definition) is 1. The predicted molar refractivity (Wildman–Crippen MR) is 167 cm³/mol. The Morgan fingerprint density at radius 2 is 1.02 bits per heavy atom. The molecule has 3 nitrogen and oxygen atoms in total. The van der Waals surface area contributed by atoms with E-state index in [0.29, 0.717) is 0 Å². The first-order valence-corrected chi connectivity index (χ1v) is 13.7. The van der Waals surface area contributed by atoms with Crippen molar-refractivity contribution in [1.29, 1.82) is 0 Å². The van der Waals surface area contributed by atoms with Gasteiger partial charge in [-0.3, -0.25) is 4.57 Å². The summed E-state index contributed by atoms with van der Waals surface area (Å²) in [7, 11) is 0. The molecule has 0 N–H and O–H groups in total. The fraction of sp³-hybridized carbons (Fsp3) is 0. The van der Waals surface area contributed by atoms with Gasteiger partial charge in [0, 0.05) is 32.5 Å². The second kappa shape index (κ2) is 8.05. The molecule has 0 fully saturated rings. The van der Waals surface area contributed by atoms with E-state index in [4.69, 9.17) is 4.98 Å². The van der Waals surface area contributed by atoms with Crippen LogP contribution in [0.2, 0.25) is 0 Å². The van der Waals surface area contributed by atoms with E-state index in [-0.39, 0.29) is 0 Å². The Kier molecular flexibility index (Phi) is 4.33. The van der Waals surface area contributed by atoms with Crippen LogP contribution >= 0.6 is 0 Å². The Morgan fingerprint density at radius 3 is 1.82 bits per heavy atom. The summed E-state index contributed by atoms with van der Waals surface area (Å²) in [4.78, 5) is 5.15. The van der Waals surface area contributed by atoms with Gasteiger partial charge in [-0.05, 0) is 47.9 Å². The normalized spacial score (nSPS) is 12.0. The summed E-state index contributed by atoms with van der Waals surface area (Å²) in [6, 6.07) is 49.9. The summed E-state index contributed by atoms with van der Waals surface area (Å²) in [5.41, 5.74) is 8.09. The standard InChI is InChI=1S/C37H23N3/c1-2-11-24(12-3-1)31-17-10-20-37(38-31)40-33-19-9-7-16-29(33)30-23-34-25(22-36(30)40)21-35-28-15-5-4-13-26(28)27-14-6-8-18-32(27)39(34)35/h1-23H. The van der Waals surface area contributed by atoms with E-state index in [2.05, 4.69) is 142 Å². The van der Waals surface area contributed by atoms with Gasteiger partial charge in [-0.15, -0.1) is 0 Å². The van der Waals surface area contributed by atoms with Crippen molar-refractivity contribution < 1.29 is 0 Å². The molecule has 9 aromatic rings. The summed E-state index contributed by atoms with van der Waals surface area (Å²) >= 11 is 0. The van der Waals surface area contributed by atoms with Gasteiger partial charge in [-0.1, -0.05) is 97.1 Å². The summed E-state index contributed by atoms with van der Waals surface area (Å²) < 4.78 is 4.75. The number of fused-ring (bicyclic) bond motifs is 11. The van der Waals surface area contributed by atoms with Crippen LogP contribution in [0.5, 0.6) is 0 Å². The van der Waals surface area contributed by atoms with Crippen molar-refractivity contribution >= 4 is 59.9 Å². The highest BCUT2D eigenvalue weighted by Crippen LogP contribution is 2.39. The van der Waals surface area contributed by atoms with E-state index in [0.717, 1.165) is 28.1 Å². The zero-order valence-electron chi connectivity index (χ0n) is 21.6. The Labute approximate surface area is 230 Å². The van der Waals surface area contributed by atoms with Gasteiger partial charge in [0.25, 0.3) is 0 Å². The molecular weight excluding hydrogens is 486 g/mol. The Morgan fingerprint density at radius 1 is 0.400 bits per heavy atom. The van der Waals surface area contributed by atoms with E-state index in [1.54, 1.807) is 0 Å². The highest BCUT2D eigenvalue weighted by Gasteiger charge is 2.18. The third kappa shape index (κ3) is 2.92. The van der Waals surface area contributed by atoms with E-state index in [1.165, 1.54) is 48.9 Å². The molecule has 9 rings (SSSR count). The molecule has 0 aliphatic rings. The van der Waals surface area contributed by atoms with Crippen molar-refractivity contribution in [2.75, 3.05) is 0 Å². The molecule has 0 radical (unpaired) electrons. The predicted octanol–water partition coefficient (Wildman–Crippen LogP) is 9.56. The first-order valence-electron chi connectivity index (χ1n) is 13.7. The van der Waals surface area contributed by atoms with Crippen molar-refractivity contribution in [2.24, 2.45) is 0 Å². The lowest BCUT2D eigenvalue weighted by Crippen LogP contribution is -1.98. The highest BCUT2D eigenvalue weighted by molar-refractivity contribution is 6.18. The van der Waals surface area contributed by atoms with E-state index >= 15 is 0 Å².